The first-order chi connectivity index (χ1) is 17.5. The minimum atomic E-state index is -2.66. The summed E-state index contributed by atoms with van der Waals surface area (Å²) in [4.78, 5) is 25.6. The van der Waals surface area contributed by atoms with Gasteiger partial charge in [0.1, 0.15) is 35.2 Å². The van der Waals surface area contributed by atoms with E-state index in [1.165, 1.54) is 4.57 Å². The SMILES string of the molecule is BC(B)(B)Nc1ncc(C#Cc2ccc3nc(C(F)F)n(C)c3c2)c2cc(NC(=O)[C@H]3C[C@H]3C)ncc12. The topological polar surface area (TPSA) is 84.7 Å². The number of rotatable bonds is 5. The van der Waals surface area contributed by atoms with Gasteiger partial charge in [0.15, 0.2) is 5.82 Å². The van der Waals surface area contributed by atoms with Crippen molar-refractivity contribution < 1.29 is 13.6 Å². The van der Waals surface area contributed by atoms with E-state index in [0.717, 1.165) is 17.2 Å². The molecule has 2 N–H and O–H groups in total. The molecule has 3 aromatic heterocycles. The van der Waals surface area contributed by atoms with Crippen molar-refractivity contribution in [3.8, 4) is 11.8 Å². The number of aromatic nitrogens is 4. The molecular formula is C25H25B3F2N6O. The van der Waals surface area contributed by atoms with Crippen LogP contribution in [0.1, 0.15) is 36.7 Å². The number of nitrogens with one attached hydrogen (secondary N) is 2. The fourth-order valence-electron chi connectivity index (χ4n) is 4.29. The Morgan fingerprint density at radius 1 is 1.16 bits per heavy atom. The summed E-state index contributed by atoms with van der Waals surface area (Å²) in [6.45, 7) is 2.05. The second-order valence-electron chi connectivity index (χ2n) is 10.6. The predicted octanol–water partition coefficient (Wildman–Crippen LogP) is 1.37. The molecule has 0 bridgehead atoms. The molecule has 3 heterocycles. The maximum Gasteiger partial charge on any atom is 0.295 e. The number of nitrogens with zero attached hydrogens (tertiary/aromatic N) is 4. The monoisotopic (exact) mass is 496 g/mol. The van der Waals surface area contributed by atoms with Crippen LogP contribution in [0.25, 0.3) is 21.8 Å². The fourth-order valence-corrected chi connectivity index (χ4v) is 4.29. The van der Waals surface area contributed by atoms with E-state index in [9.17, 15) is 13.6 Å². The summed E-state index contributed by atoms with van der Waals surface area (Å²) in [5.74, 6) is 7.55. The molecule has 1 saturated carbocycles. The maximum absolute atomic E-state index is 13.2. The van der Waals surface area contributed by atoms with Crippen molar-refractivity contribution in [2.75, 3.05) is 10.6 Å². The molecule has 1 aliphatic rings. The number of pyridine rings is 2. The summed E-state index contributed by atoms with van der Waals surface area (Å²) in [5, 5.41) is 7.67. The molecule has 2 atom stereocenters. The first kappa shape index (κ1) is 24.8. The fraction of sp³-hybridized carbons (Fsp3) is 0.280. The van der Waals surface area contributed by atoms with E-state index in [4.69, 9.17) is 0 Å². The lowest BCUT2D eigenvalue weighted by atomic mass is 9.49. The Morgan fingerprint density at radius 3 is 2.59 bits per heavy atom. The van der Waals surface area contributed by atoms with Gasteiger partial charge in [0.25, 0.3) is 6.43 Å². The Labute approximate surface area is 216 Å². The highest BCUT2D eigenvalue weighted by molar-refractivity contribution is 6.60. The molecule has 0 radical (unpaired) electrons. The number of aryl methyl sites for hydroxylation is 1. The Balaban J connectivity index is 1.55. The number of imidazole rings is 1. The molecule has 7 nitrogen and oxygen atoms in total. The van der Waals surface area contributed by atoms with Crippen molar-refractivity contribution in [3.05, 3.63) is 53.6 Å². The summed E-state index contributed by atoms with van der Waals surface area (Å²) in [5.41, 5.74) is 2.39. The summed E-state index contributed by atoms with van der Waals surface area (Å²) in [6.07, 6.45) is 1.62. The van der Waals surface area contributed by atoms with Gasteiger partial charge < -0.3 is 15.2 Å². The van der Waals surface area contributed by atoms with Crippen LogP contribution >= 0.6 is 0 Å². The van der Waals surface area contributed by atoms with Crippen LogP contribution in [0.15, 0.2) is 36.7 Å². The number of hydrogen-bond donors (Lipinski definition) is 2. The first-order valence-electron chi connectivity index (χ1n) is 12.1. The summed E-state index contributed by atoms with van der Waals surface area (Å²) < 4.78 is 27.9. The Morgan fingerprint density at radius 2 is 1.92 bits per heavy atom. The Bertz CT molecular complexity index is 1610. The van der Waals surface area contributed by atoms with Crippen LogP contribution in [0.5, 0.6) is 0 Å². The second kappa shape index (κ2) is 9.22. The van der Waals surface area contributed by atoms with Gasteiger partial charge >= 0.3 is 0 Å². The molecule has 12 heteroatoms. The number of hydrogen-bond acceptors (Lipinski definition) is 5. The third-order valence-corrected chi connectivity index (χ3v) is 6.42. The average molecular weight is 496 g/mol. The third-order valence-electron chi connectivity index (χ3n) is 6.42. The van der Waals surface area contributed by atoms with Gasteiger partial charge in [-0.3, -0.25) is 4.79 Å². The average Bonchev–Trinajstić information content (AvgIpc) is 3.48. The zero-order chi connectivity index (χ0) is 26.5. The van der Waals surface area contributed by atoms with Gasteiger partial charge in [-0.15, -0.1) is 0 Å². The van der Waals surface area contributed by atoms with Crippen LogP contribution in [-0.4, -0.2) is 54.2 Å². The normalized spacial score (nSPS) is 17.0. The number of benzene rings is 1. The smallest absolute Gasteiger partial charge is 0.295 e. The Hall–Kier alpha value is -3.87. The summed E-state index contributed by atoms with van der Waals surface area (Å²) >= 11 is 0. The summed E-state index contributed by atoms with van der Waals surface area (Å²) in [6, 6.07) is 7.01. The van der Waals surface area contributed by atoms with Gasteiger partial charge in [0.05, 0.1) is 16.6 Å². The number of amides is 1. The Kier molecular flexibility index (Phi) is 6.18. The van der Waals surface area contributed by atoms with Crippen molar-refractivity contribution in [2.45, 2.75) is 25.0 Å². The van der Waals surface area contributed by atoms with E-state index >= 15 is 0 Å². The highest BCUT2D eigenvalue weighted by atomic mass is 19.3. The van der Waals surface area contributed by atoms with Crippen molar-refractivity contribution in [1.29, 1.82) is 0 Å². The lowest BCUT2D eigenvalue weighted by molar-refractivity contribution is -0.117. The van der Waals surface area contributed by atoms with Gasteiger partial charge in [0, 0.05) is 41.7 Å². The van der Waals surface area contributed by atoms with E-state index in [2.05, 4.69) is 44.4 Å². The second-order valence-corrected chi connectivity index (χ2v) is 10.6. The van der Waals surface area contributed by atoms with Crippen LogP contribution in [0.3, 0.4) is 0 Å². The van der Waals surface area contributed by atoms with Gasteiger partial charge in [-0.2, -0.15) is 0 Å². The molecule has 0 spiro atoms. The van der Waals surface area contributed by atoms with Gasteiger partial charge in [-0.05, 0) is 41.8 Å². The number of halogens is 2. The van der Waals surface area contributed by atoms with Gasteiger partial charge in [-0.25, -0.2) is 23.7 Å². The van der Waals surface area contributed by atoms with Crippen molar-refractivity contribution in [3.63, 3.8) is 0 Å². The number of fused-ring (bicyclic) bond motifs is 2. The number of alkyl halides is 2. The maximum atomic E-state index is 13.2. The third kappa shape index (κ3) is 5.17. The highest BCUT2D eigenvalue weighted by Crippen LogP contribution is 2.38. The number of carbonyl (C=O) groups is 1. The minimum Gasteiger partial charge on any atom is -0.387 e. The van der Waals surface area contributed by atoms with E-state index in [1.807, 2.05) is 29.6 Å². The molecule has 1 aliphatic carbocycles. The molecule has 184 valence electrons. The van der Waals surface area contributed by atoms with E-state index in [-0.39, 0.29) is 22.9 Å². The molecular weight excluding hydrogens is 471 g/mol. The summed E-state index contributed by atoms with van der Waals surface area (Å²) in [7, 11) is 7.70. The van der Waals surface area contributed by atoms with E-state index in [0.29, 0.717) is 39.7 Å². The number of carbonyl (C=O) groups excluding carboxylic acids is 1. The molecule has 1 fully saturated rings. The van der Waals surface area contributed by atoms with Crippen molar-refractivity contribution in [1.82, 2.24) is 19.5 Å². The molecule has 0 saturated heterocycles. The van der Waals surface area contributed by atoms with Crippen LogP contribution in [0.2, 0.25) is 0 Å². The molecule has 1 aromatic carbocycles. The zero-order valence-corrected chi connectivity index (χ0v) is 21.4. The largest absolute Gasteiger partial charge is 0.387 e. The molecule has 37 heavy (non-hydrogen) atoms. The van der Waals surface area contributed by atoms with Crippen molar-refractivity contribution >= 4 is 62.9 Å². The van der Waals surface area contributed by atoms with Crippen molar-refractivity contribution in [2.24, 2.45) is 18.9 Å². The first-order valence-corrected chi connectivity index (χ1v) is 12.1. The minimum absolute atomic E-state index is 0.0262. The van der Waals surface area contributed by atoms with Crippen LogP contribution in [0.4, 0.5) is 20.4 Å². The van der Waals surface area contributed by atoms with Gasteiger partial charge in [-0.1, -0.05) is 18.8 Å². The quantitative estimate of drug-likeness (QED) is 0.323. The lowest BCUT2D eigenvalue weighted by Crippen LogP contribution is -2.40. The molecule has 0 unspecified atom stereocenters. The highest BCUT2D eigenvalue weighted by Gasteiger charge is 2.39. The van der Waals surface area contributed by atoms with E-state index < -0.39 is 6.43 Å². The van der Waals surface area contributed by atoms with Gasteiger partial charge in [0.2, 0.25) is 5.91 Å². The van der Waals surface area contributed by atoms with E-state index in [1.54, 1.807) is 37.6 Å². The standard InChI is InChI=1S/C25H25B3F2N6O/c1-12-7-15(12)24(37)34-20-9-16-14(10-32-22(17(16)11-31-20)35-25(26,27)28)5-3-13-4-6-18-19(8-13)36(2)23(33-18)21(29)30/h4,6,8-12,15,21H,7,26-28H2,1-2H3,(H,32,35)(H,31,34,37)/t12-,15+/m1/s1. The molecule has 4 aromatic rings. The lowest BCUT2D eigenvalue weighted by Gasteiger charge is -2.22. The zero-order valence-electron chi connectivity index (χ0n) is 21.4. The predicted molar refractivity (Wildman–Crippen MR) is 149 cm³/mol. The number of anilines is 2. The molecule has 0 aliphatic heterocycles. The molecule has 1 amide bonds. The molecule has 5 rings (SSSR count). The van der Waals surface area contributed by atoms with Crippen LogP contribution in [-0.2, 0) is 11.8 Å². The van der Waals surface area contributed by atoms with Crippen LogP contribution < -0.4 is 10.6 Å². The van der Waals surface area contributed by atoms with Crippen LogP contribution in [0, 0.1) is 23.7 Å².